The van der Waals surface area contributed by atoms with E-state index in [0.717, 1.165) is 28.6 Å². The molecule has 10 nitrogen and oxygen atoms in total. The van der Waals surface area contributed by atoms with E-state index in [1.54, 1.807) is 41.9 Å². The van der Waals surface area contributed by atoms with Crippen molar-refractivity contribution >= 4 is 64.1 Å². The summed E-state index contributed by atoms with van der Waals surface area (Å²) in [6.07, 6.45) is 4.13. The summed E-state index contributed by atoms with van der Waals surface area (Å²) in [6, 6.07) is 0.694. The zero-order valence-electron chi connectivity index (χ0n) is 27.0. The van der Waals surface area contributed by atoms with Gasteiger partial charge in [-0.2, -0.15) is 22.9 Å². The van der Waals surface area contributed by atoms with Crippen molar-refractivity contribution in [2.75, 3.05) is 23.7 Å². The number of benzene rings is 2. The quantitative estimate of drug-likeness (QED) is 0.136. The van der Waals surface area contributed by atoms with Crippen LogP contribution in [0.2, 0.25) is 5.02 Å². The molecule has 1 unspecified atom stereocenters. The smallest absolute Gasteiger partial charge is 0.352 e. The van der Waals surface area contributed by atoms with E-state index in [1.807, 2.05) is 0 Å². The number of halogens is 6. The highest BCUT2D eigenvalue weighted by Gasteiger charge is 2.42. The minimum Gasteiger partial charge on any atom is -0.352 e. The molecule has 264 valence electrons. The van der Waals surface area contributed by atoms with Crippen molar-refractivity contribution in [1.82, 2.24) is 19.4 Å². The van der Waals surface area contributed by atoms with E-state index >= 15 is 17.6 Å². The fourth-order valence-electron chi connectivity index (χ4n) is 6.99. The summed E-state index contributed by atoms with van der Waals surface area (Å²) in [5.41, 5.74) is -3.20. The standard InChI is InChI=1S/C34H28ClF5N7O3S/c1-4-27(48)47-17(2)12-43(13-18(47)3)31-21-9-22(34(38,39)40)28(20-10-23(35)25(37)11-24(20)36)30-29(21)45(32(49)41-31)14-19(16-51-30)15-46-33(50)44-8-6-5-7-26(44)42-46/h4-11,15,17-19H,1,12-14,16H2,2-3H3/q+1/b46-15-/t17-,18+,19?. The monoisotopic (exact) mass is 744 g/mol. The third-order valence-corrected chi connectivity index (χ3v) is 10.7. The minimum atomic E-state index is -5.05. The highest BCUT2D eigenvalue weighted by Crippen LogP contribution is 2.49. The Labute approximate surface area is 296 Å². The molecule has 0 radical (unpaired) electrons. The molecule has 4 aliphatic rings. The molecule has 4 aliphatic heterocycles. The number of allylic oxidation sites excluding steroid dienone is 2. The number of amidine groups is 1. The first-order chi connectivity index (χ1) is 24.2. The molecule has 2 aromatic carbocycles. The molecule has 0 spiro atoms. The van der Waals surface area contributed by atoms with E-state index in [9.17, 15) is 18.8 Å². The number of thioether (sulfide) groups is 1. The van der Waals surface area contributed by atoms with Gasteiger partial charge in [0, 0.05) is 76.9 Å². The van der Waals surface area contributed by atoms with Gasteiger partial charge in [0.15, 0.2) is 0 Å². The number of anilines is 1. The predicted molar refractivity (Wildman–Crippen MR) is 183 cm³/mol. The van der Waals surface area contributed by atoms with E-state index in [1.165, 1.54) is 28.0 Å². The molecule has 3 amide bonds. The Balaban J connectivity index is 1.46. The number of carbonyl (C=O) groups is 2. The molecular formula is C34H28ClF5N7O3S+. The number of aromatic nitrogens is 2. The van der Waals surface area contributed by atoms with Gasteiger partial charge in [-0.1, -0.05) is 28.9 Å². The predicted octanol–water partition coefficient (Wildman–Crippen LogP) is 6.26. The lowest BCUT2D eigenvalue weighted by Crippen LogP contribution is -2.58. The van der Waals surface area contributed by atoms with Crippen LogP contribution in [0, 0.1) is 17.6 Å². The molecule has 51 heavy (non-hydrogen) atoms. The average Bonchev–Trinajstić information content (AvgIpc) is 3.25. The van der Waals surface area contributed by atoms with Crippen molar-refractivity contribution in [3.8, 4) is 11.1 Å². The number of hydrogen-bond acceptors (Lipinski definition) is 7. The van der Waals surface area contributed by atoms with Crippen LogP contribution < -0.4 is 10.6 Å². The van der Waals surface area contributed by atoms with Crippen molar-refractivity contribution in [2.24, 2.45) is 11.0 Å². The number of urea groups is 1. The number of rotatable bonds is 4. The lowest BCUT2D eigenvalue weighted by atomic mass is 9.95. The normalized spacial score (nSPS) is 22.5. The van der Waals surface area contributed by atoms with Crippen LogP contribution in [-0.2, 0) is 17.5 Å². The molecule has 0 aliphatic carbocycles. The molecule has 0 saturated carbocycles. The number of alkyl halides is 3. The number of hydrazone groups is 1. The van der Waals surface area contributed by atoms with Crippen LogP contribution in [-0.4, -0.2) is 78.9 Å². The van der Waals surface area contributed by atoms with Crippen molar-refractivity contribution in [2.45, 2.75) is 43.5 Å². The molecule has 17 heteroatoms. The maximum atomic E-state index is 15.5. The van der Waals surface area contributed by atoms with Crippen LogP contribution in [0.4, 0.5) is 32.6 Å². The maximum Gasteiger partial charge on any atom is 0.529 e. The second-order valence-electron chi connectivity index (χ2n) is 12.5. The van der Waals surface area contributed by atoms with Crippen molar-refractivity contribution < 1.29 is 36.2 Å². The first-order valence-corrected chi connectivity index (χ1v) is 17.1. The van der Waals surface area contributed by atoms with Gasteiger partial charge in [-0.05, 0) is 43.2 Å². The molecule has 1 fully saturated rings. The fraction of sp³-hybridized carbons (Fsp3) is 0.294. The van der Waals surface area contributed by atoms with Crippen LogP contribution in [0.25, 0.3) is 22.0 Å². The molecule has 1 saturated heterocycles. The van der Waals surface area contributed by atoms with Gasteiger partial charge in [-0.25, -0.2) is 13.6 Å². The Morgan fingerprint density at radius 2 is 1.80 bits per heavy atom. The van der Waals surface area contributed by atoms with Crippen LogP contribution in [0.1, 0.15) is 19.4 Å². The second kappa shape index (κ2) is 12.7. The Kier molecular flexibility index (Phi) is 8.65. The van der Waals surface area contributed by atoms with Crippen LogP contribution in [0.3, 0.4) is 0 Å². The van der Waals surface area contributed by atoms with E-state index in [0.29, 0.717) is 11.9 Å². The van der Waals surface area contributed by atoms with E-state index in [4.69, 9.17) is 11.6 Å². The first-order valence-electron chi connectivity index (χ1n) is 15.7. The fourth-order valence-corrected chi connectivity index (χ4v) is 8.45. The molecule has 3 atom stereocenters. The van der Waals surface area contributed by atoms with Crippen molar-refractivity contribution in [3.05, 3.63) is 88.0 Å². The summed E-state index contributed by atoms with van der Waals surface area (Å²) in [5.74, 6) is -3.05. The Morgan fingerprint density at radius 1 is 1.08 bits per heavy atom. The Bertz CT molecular complexity index is 2220. The van der Waals surface area contributed by atoms with Crippen LogP contribution in [0.15, 0.2) is 70.1 Å². The van der Waals surface area contributed by atoms with Gasteiger partial charge >= 0.3 is 17.9 Å². The van der Waals surface area contributed by atoms with Crippen LogP contribution in [0.5, 0.6) is 0 Å². The molecule has 3 aromatic rings. The topological polar surface area (TPSA) is 94.1 Å². The van der Waals surface area contributed by atoms with Gasteiger partial charge in [0.2, 0.25) is 5.91 Å². The number of piperazine rings is 1. The van der Waals surface area contributed by atoms with Crippen molar-refractivity contribution in [1.29, 1.82) is 0 Å². The summed E-state index contributed by atoms with van der Waals surface area (Å²) in [4.78, 5) is 48.5. The van der Waals surface area contributed by atoms with Crippen molar-refractivity contribution in [3.63, 3.8) is 0 Å². The number of fused-ring (bicyclic) bond motifs is 1. The number of hydrogen-bond donors (Lipinski definition) is 0. The van der Waals surface area contributed by atoms with Gasteiger partial charge in [0.1, 0.15) is 29.9 Å². The SMILES string of the molecule is C=CC(=O)N1[C@H](C)CN(c2nc(=O)n3c4c(c(-c5cc(Cl)c(F)cc5F)c(C(F)(F)F)cc24)SCC(/C=[N+]2\N=C4C=CC=CN4C2=O)C3)C[C@@H]1C. The highest BCUT2D eigenvalue weighted by molar-refractivity contribution is 7.99. The summed E-state index contributed by atoms with van der Waals surface area (Å²) >= 11 is 6.93. The lowest BCUT2D eigenvalue weighted by molar-refractivity contribution is -0.426. The molecule has 0 bridgehead atoms. The van der Waals surface area contributed by atoms with Gasteiger partial charge in [-0.15, -0.1) is 16.7 Å². The third kappa shape index (κ3) is 5.93. The Morgan fingerprint density at radius 3 is 2.47 bits per heavy atom. The number of amides is 3. The van der Waals surface area contributed by atoms with Gasteiger partial charge in [0.05, 0.1) is 16.1 Å². The zero-order valence-corrected chi connectivity index (χ0v) is 28.6. The second-order valence-corrected chi connectivity index (χ2v) is 14.0. The largest absolute Gasteiger partial charge is 0.529 e. The zero-order chi connectivity index (χ0) is 36.5. The average molecular weight is 745 g/mol. The maximum absolute atomic E-state index is 15.5. The summed E-state index contributed by atoms with van der Waals surface area (Å²) < 4.78 is 77.5. The molecular weight excluding hydrogens is 717 g/mol. The lowest BCUT2D eigenvalue weighted by Gasteiger charge is -2.44. The molecule has 0 N–H and O–H groups in total. The molecule has 1 aromatic heterocycles. The third-order valence-electron chi connectivity index (χ3n) is 9.09. The summed E-state index contributed by atoms with van der Waals surface area (Å²) in [6.45, 7) is 7.25. The van der Waals surface area contributed by atoms with Gasteiger partial charge < -0.3 is 9.80 Å². The summed E-state index contributed by atoms with van der Waals surface area (Å²) in [7, 11) is 0. The minimum absolute atomic E-state index is 0.0322. The van der Waals surface area contributed by atoms with Crippen LogP contribution >= 0.6 is 23.4 Å². The number of carbonyl (C=O) groups excluding carboxylic acids is 2. The van der Waals surface area contributed by atoms with E-state index in [-0.39, 0.29) is 52.9 Å². The van der Waals surface area contributed by atoms with E-state index < -0.39 is 69.2 Å². The van der Waals surface area contributed by atoms with Gasteiger partial charge in [-0.3, -0.25) is 9.36 Å². The Hall–Kier alpha value is -4.83. The van der Waals surface area contributed by atoms with Gasteiger partial charge in [0.25, 0.3) is 5.84 Å². The molecule has 5 heterocycles. The highest BCUT2D eigenvalue weighted by atomic mass is 35.5. The number of nitrogens with zero attached hydrogens (tertiary/aromatic N) is 7. The summed E-state index contributed by atoms with van der Waals surface area (Å²) in [5, 5.41) is 3.70. The van der Waals surface area contributed by atoms with E-state index in [2.05, 4.69) is 16.7 Å². The molecule has 7 rings (SSSR count). The first kappa shape index (κ1) is 34.6.